The minimum Gasteiger partial charge on any atom is -0.489 e. The van der Waals surface area contributed by atoms with Gasteiger partial charge in [0, 0.05) is 40.1 Å². The van der Waals surface area contributed by atoms with Crippen LogP contribution in [0.3, 0.4) is 0 Å². The van der Waals surface area contributed by atoms with Crippen molar-refractivity contribution in [1.29, 1.82) is 0 Å². The molecule has 0 fully saturated rings. The minimum atomic E-state index is -1.08. The van der Waals surface area contributed by atoms with E-state index in [0.29, 0.717) is 45.4 Å². The van der Waals surface area contributed by atoms with Crippen LogP contribution >= 0.6 is 0 Å². The second-order valence-electron chi connectivity index (χ2n) is 12.7. The van der Waals surface area contributed by atoms with Crippen molar-refractivity contribution in [3.63, 3.8) is 0 Å². The van der Waals surface area contributed by atoms with Gasteiger partial charge in [-0.15, -0.1) is 0 Å². The molecule has 0 N–H and O–H groups in total. The fraction of sp³-hybridized carbons (Fsp3) is 0.289. The Bertz CT molecular complexity index is 2010. The van der Waals surface area contributed by atoms with Crippen LogP contribution in [0.1, 0.15) is 50.6 Å². The summed E-state index contributed by atoms with van der Waals surface area (Å²) in [5.74, 6) is 0.105. The number of hydrogen-bond acceptors (Lipinski definition) is 7. The molecular formula is C38H38FN3O5. The molecule has 0 amide bonds. The van der Waals surface area contributed by atoms with E-state index < -0.39 is 23.5 Å². The lowest BCUT2D eigenvalue weighted by molar-refractivity contribution is -0.166. The molecule has 8 nitrogen and oxygen atoms in total. The molecule has 0 saturated heterocycles. The van der Waals surface area contributed by atoms with Gasteiger partial charge in [0.15, 0.2) is 11.8 Å². The highest BCUT2D eigenvalue weighted by molar-refractivity contribution is 5.83. The topological polar surface area (TPSA) is 84.2 Å². The number of fused-ring (bicyclic) bond motifs is 9. The van der Waals surface area contributed by atoms with Crippen molar-refractivity contribution in [3.8, 4) is 45.1 Å². The van der Waals surface area contributed by atoms with Crippen molar-refractivity contribution < 1.29 is 28.1 Å². The molecule has 1 unspecified atom stereocenters. The van der Waals surface area contributed by atoms with Crippen molar-refractivity contribution >= 4 is 11.6 Å². The Morgan fingerprint density at radius 3 is 2.47 bits per heavy atom. The lowest BCUT2D eigenvalue weighted by Gasteiger charge is -2.28. The van der Waals surface area contributed by atoms with Crippen LogP contribution in [0.2, 0.25) is 0 Å². The number of aromatic nitrogens is 3. The number of ether oxygens (including phenoxy) is 4. The molecule has 3 heterocycles. The second-order valence-corrected chi connectivity index (χ2v) is 12.7. The van der Waals surface area contributed by atoms with Crippen LogP contribution in [0.4, 0.5) is 4.39 Å². The maximum absolute atomic E-state index is 14.4. The van der Waals surface area contributed by atoms with E-state index in [9.17, 15) is 9.18 Å². The van der Waals surface area contributed by atoms with E-state index >= 15 is 0 Å². The Kier molecular flexibility index (Phi) is 8.59. The Labute approximate surface area is 273 Å². The van der Waals surface area contributed by atoms with Gasteiger partial charge in [-0.05, 0) is 82.5 Å². The molecule has 0 saturated carbocycles. The summed E-state index contributed by atoms with van der Waals surface area (Å²) in [5.41, 5.74) is 7.06. The number of halogens is 1. The number of aryl methyl sites for hydroxylation is 2. The first-order valence-electron chi connectivity index (χ1n) is 15.6. The van der Waals surface area contributed by atoms with Gasteiger partial charge >= 0.3 is 5.97 Å². The number of carbonyl (C=O) groups is 1. The van der Waals surface area contributed by atoms with Crippen molar-refractivity contribution in [2.45, 2.75) is 53.2 Å². The van der Waals surface area contributed by atoms with Gasteiger partial charge < -0.3 is 18.9 Å². The van der Waals surface area contributed by atoms with Crippen LogP contribution in [-0.2, 0) is 14.3 Å². The Balaban J connectivity index is 1.65. The summed E-state index contributed by atoms with van der Waals surface area (Å²) in [6, 6.07) is 20.1. The van der Waals surface area contributed by atoms with Crippen LogP contribution in [0, 0.1) is 19.7 Å². The third-order valence-corrected chi connectivity index (χ3v) is 7.80. The van der Waals surface area contributed by atoms with Gasteiger partial charge in [0.2, 0.25) is 0 Å². The van der Waals surface area contributed by atoms with Gasteiger partial charge in [0.05, 0.1) is 23.6 Å². The molecule has 5 aromatic rings. The van der Waals surface area contributed by atoms with E-state index in [1.54, 1.807) is 17.5 Å². The smallest absolute Gasteiger partial charge is 0.340 e. The molecule has 6 bridgehead atoms. The third kappa shape index (κ3) is 6.62. The van der Waals surface area contributed by atoms with E-state index in [0.717, 1.165) is 27.8 Å². The number of benzene rings is 3. The molecule has 242 valence electrons. The third-order valence-electron chi connectivity index (χ3n) is 7.80. The molecule has 3 aromatic carbocycles. The average Bonchev–Trinajstić information content (AvgIpc) is 3.45. The molecule has 47 heavy (non-hydrogen) atoms. The summed E-state index contributed by atoms with van der Waals surface area (Å²) in [7, 11) is 0. The normalized spacial score (nSPS) is 13.8. The highest BCUT2D eigenvalue weighted by Crippen LogP contribution is 2.39. The highest BCUT2D eigenvalue weighted by atomic mass is 19.1. The molecular weight excluding hydrogens is 597 g/mol. The minimum absolute atomic E-state index is 0.137. The Morgan fingerprint density at radius 1 is 0.979 bits per heavy atom. The monoisotopic (exact) mass is 635 g/mol. The SMILES string of the molecule is C=C1COc2cc(ccc2C)-c2c(C(OC(C)(C)C)C(=O)OCC)c(C)nc3cc(nn23)-c2cccc(c2)-c2ccc(F)cc2OC1. The quantitative estimate of drug-likeness (QED) is 0.145. The number of esters is 1. The fourth-order valence-electron chi connectivity index (χ4n) is 5.67. The van der Waals surface area contributed by atoms with E-state index in [1.165, 1.54) is 12.1 Å². The molecule has 0 aliphatic carbocycles. The molecule has 0 radical (unpaired) electrons. The van der Waals surface area contributed by atoms with Crippen molar-refractivity contribution in [3.05, 3.63) is 102 Å². The predicted octanol–water partition coefficient (Wildman–Crippen LogP) is 8.23. The standard InChI is InChI=1S/C38H38FN3O5/c1-8-44-37(43)36(47-38(5,6)7)34-24(4)40-33-19-30-26-11-9-10-25(16-26)29-15-14-28(39)18-32(29)46-21-22(2)20-45-31-17-27(13-12-23(31)3)35(34)42(33)41-30/h9-19,36H,2,8,20-21H2,1,3-7H3. The molecule has 1 aliphatic heterocycles. The van der Waals surface area contributed by atoms with Crippen LogP contribution < -0.4 is 9.47 Å². The van der Waals surface area contributed by atoms with Crippen LogP contribution in [0.5, 0.6) is 11.5 Å². The molecule has 1 aliphatic rings. The summed E-state index contributed by atoms with van der Waals surface area (Å²) in [6.45, 7) is 15.9. The van der Waals surface area contributed by atoms with Gasteiger partial charge in [0.1, 0.15) is 30.5 Å². The van der Waals surface area contributed by atoms with Gasteiger partial charge in [-0.3, -0.25) is 0 Å². The van der Waals surface area contributed by atoms with E-state index in [2.05, 4.69) is 6.58 Å². The summed E-state index contributed by atoms with van der Waals surface area (Å²) in [5, 5.41) is 5.06. The molecule has 0 spiro atoms. The Morgan fingerprint density at radius 2 is 1.72 bits per heavy atom. The molecule has 1 atom stereocenters. The van der Waals surface area contributed by atoms with E-state index in [1.807, 2.05) is 83.1 Å². The Hall–Kier alpha value is -5.02. The number of carbonyl (C=O) groups excluding carboxylic acids is 1. The summed E-state index contributed by atoms with van der Waals surface area (Å²) < 4.78 is 40.4. The van der Waals surface area contributed by atoms with Gasteiger partial charge in [-0.2, -0.15) is 5.10 Å². The molecule has 9 heteroatoms. The highest BCUT2D eigenvalue weighted by Gasteiger charge is 2.34. The zero-order valence-corrected chi connectivity index (χ0v) is 27.5. The predicted molar refractivity (Wildman–Crippen MR) is 179 cm³/mol. The van der Waals surface area contributed by atoms with E-state index in [4.69, 9.17) is 29.0 Å². The van der Waals surface area contributed by atoms with Crippen molar-refractivity contribution in [1.82, 2.24) is 14.6 Å². The fourth-order valence-corrected chi connectivity index (χ4v) is 5.67. The molecule has 6 rings (SSSR count). The van der Waals surface area contributed by atoms with Crippen LogP contribution in [0.15, 0.2) is 78.9 Å². The maximum Gasteiger partial charge on any atom is 0.340 e. The maximum atomic E-state index is 14.4. The second kappa shape index (κ2) is 12.6. The summed E-state index contributed by atoms with van der Waals surface area (Å²) in [6.07, 6.45) is -1.08. The zero-order valence-electron chi connectivity index (χ0n) is 27.5. The number of nitrogens with zero attached hydrogens (tertiary/aromatic N) is 3. The van der Waals surface area contributed by atoms with Crippen LogP contribution in [0.25, 0.3) is 39.3 Å². The largest absolute Gasteiger partial charge is 0.489 e. The lowest BCUT2D eigenvalue weighted by Crippen LogP contribution is -2.30. The summed E-state index contributed by atoms with van der Waals surface area (Å²) in [4.78, 5) is 18.5. The number of rotatable bonds is 4. The summed E-state index contributed by atoms with van der Waals surface area (Å²) >= 11 is 0. The lowest BCUT2D eigenvalue weighted by atomic mass is 9.97. The number of hydrogen-bond donors (Lipinski definition) is 0. The first-order valence-corrected chi connectivity index (χ1v) is 15.6. The van der Waals surface area contributed by atoms with Gasteiger partial charge in [-0.1, -0.05) is 36.9 Å². The van der Waals surface area contributed by atoms with Gasteiger partial charge in [-0.25, -0.2) is 18.7 Å². The first-order chi connectivity index (χ1) is 22.4. The average molecular weight is 636 g/mol. The van der Waals surface area contributed by atoms with Crippen molar-refractivity contribution in [2.24, 2.45) is 0 Å². The first kappa shape index (κ1) is 31.9. The van der Waals surface area contributed by atoms with Gasteiger partial charge in [0.25, 0.3) is 0 Å². The van der Waals surface area contributed by atoms with Crippen LogP contribution in [-0.4, -0.2) is 46.0 Å². The molecule has 2 aromatic heterocycles. The van der Waals surface area contributed by atoms with Crippen molar-refractivity contribution in [2.75, 3.05) is 19.8 Å². The van der Waals surface area contributed by atoms with E-state index in [-0.39, 0.29) is 19.8 Å². The zero-order chi connectivity index (χ0) is 33.5.